The number of methoxy groups -OCH3 is 2. The number of ether oxygens (including phenoxy) is 2. The molecule has 0 aliphatic rings. The summed E-state index contributed by atoms with van der Waals surface area (Å²) in [5, 5.41) is 9.23. The van der Waals surface area contributed by atoms with Gasteiger partial charge >= 0.3 is 5.97 Å². The Morgan fingerprint density at radius 1 is 1.14 bits per heavy atom. The molecule has 6 nitrogen and oxygen atoms in total. The second kappa shape index (κ2) is 6.94. The van der Waals surface area contributed by atoms with Crippen LogP contribution in [0.2, 0.25) is 0 Å². The predicted octanol–water partition coefficient (Wildman–Crippen LogP) is 2.27. The van der Waals surface area contributed by atoms with E-state index in [-0.39, 0.29) is 6.42 Å². The molecule has 0 spiro atoms. The number of carbonyl (C=O) groups is 1. The third-order valence-electron chi connectivity index (χ3n) is 2.56. The van der Waals surface area contributed by atoms with Crippen LogP contribution < -0.4 is 9.47 Å². The number of rotatable bonds is 6. The van der Waals surface area contributed by atoms with Gasteiger partial charge in [-0.05, 0) is 29.5 Å². The summed E-state index contributed by atoms with van der Waals surface area (Å²) < 4.78 is 10.2. The molecule has 0 saturated carbocycles. The maximum absolute atomic E-state index is 10.6. The number of aliphatic carboxylic acids is 1. The lowest BCUT2D eigenvalue weighted by Gasteiger charge is -2.06. The molecule has 0 fully saturated rings. The molecule has 1 heterocycles. The fraction of sp³-hybridized carbons (Fsp3) is 0.214. The highest BCUT2D eigenvalue weighted by Gasteiger charge is 2.08. The molecule has 0 bridgehead atoms. The Morgan fingerprint density at radius 2 is 1.71 bits per heavy atom. The summed E-state index contributed by atoms with van der Waals surface area (Å²) in [4.78, 5) is 20.0. The molecule has 1 aromatic heterocycles. The van der Waals surface area contributed by atoms with E-state index in [1.807, 2.05) is 12.1 Å². The summed E-state index contributed by atoms with van der Waals surface area (Å²) in [5.41, 5.74) is 0.746. The summed E-state index contributed by atoms with van der Waals surface area (Å²) in [5.74, 6) is -0.00466. The minimum atomic E-state index is -0.851. The standard InChI is InChI=1S/C14H14N2O4S/c1-19-11-8-12(20-2)16-14(15-11)21-10-5-3-9(4-6-10)7-13(17)18/h3-6,8H,7H2,1-2H3,(H,17,18). The van der Waals surface area contributed by atoms with Crippen LogP contribution in [0.1, 0.15) is 5.56 Å². The second-order valence-corrected chi connectivity index (χ2v) is 5.09. The van der Waals surface area contributed by atoms with Crippen LogP contribution in [0.5, 0.6) is 11.8 Å². The van der Waals surface area contributed by atoms with Gasteiger partial charge in [-0.15, -0.1) is 0 Å². The van der Waals surface area contributed by atoms with Crippen molar-refractivity contribution in [3.8, 4) is 11.8 Å². The average molecular weight is 306 g/mol. The van der Waals surface area contributed by atoms with E-state index in [2.05, 4.69) is 9.97 Å². The van der Waals surface area contributed by atoms with Crippen molar-refractivity contribution in [1.29, 1.82) is 0 Å². The van der Waals surface area contributed by atoms with E-state index >= 15 is 0 Å². The number of nitrogens with zero attached hydrogens (tertiary/aromatic N) is 2. The first-order valence-electron chi connectivity index (χ1n) is 6.06. The van der Waals surface area contributed by atoms with E-state index in [9.17, 15) is 4.79 Å². The Morgan fingerprint density at radius 3 is 2.19 bits per heavy atom. The number of carboxylic acid groups (broad SMARTS) is 1. The van der Waals surface area contributed by atoms with Crippen molar-refractivity contribution in [2.75, 3.05) is 14.2 Å². The molecule has 0 amide bonds. The summed E-state index contributed by atoms with van der Waals surface area (Å²) >= 11 is 1.34. The third-order valence-corrected chi connectivity index (χ3v) is 3.44. The van der Waals surface area contributed by atoms with Crippen LogP contribution in [0.15, 0.2) is 40.4 Å². The molecule has 0 atom stereocenters. The molecule has 0 unspecified atom stereocenters. The molecule has 2 rings (SSSR count). The molecule has 1 aromatic carbocycles. The quantitative estimate of drug-likeness (QED) is 0.820. The van der Waals surface area contributed by atoms with Crippen molar-refractivity contribution >= 4 is 17.7 Å². The monoisotopic (exact) mass is 306 g/mol. The van der Waals surface area contributed by atoms with E-state index in [0.717, 1.165) is 10.5 Å². The molecule has 21 heavy (non-hydrogen) atoms. The minimum absolute atomic E-state index is 0.00836. The van der Waals surface area contributed by atoms with Crippen LogP contribution in [-0.4, -0.2) is 35.3 Å². The first-order chi connectivity index (χ1) is 10.1. The minimum Gasteiger partial charge on any atom is -0.481 e. The molecule has 0 saturated heterocycles. The number of aromatic nitrogens is 2. The second-order valence-electron chi connectivity index (χ2n) is 4.05. The van der Waals surface area contributed by atoms with Crippen LogP contribution >= 0.6 is 11.8 Å². The van der Waals surface area contributed by atoms with Gasteiger partial charge in [0, 0.05) is 4.90 Å². The van der Waals surface area contributed by atoms with Gasteiger partial charge in [0.25, 0.3) is 0 Å². The molecular weight excluding hydrogens is 292 g/mol. The Hall–Kier alpha value is -2.28. The van der Waals surface area contributed by atoms with Crippen LogP contribution in [-0.2, 0) is 11.2 Å². The number of benzene rings is 1. The van der Waals surface area contributed by atoms with Gasteiger partial charge in [-0.3, -0.25) is 4.79 Å². The van der Waals surface area contributed by atoms with Crippen molar-refractivity contribution in [3.05, 3.63) is 35.9 Å². The molecule has 0 aliphatic heterocycles. The van der Waals surface area contributed by atoms with Crippen molar-refractivity contribution in [1.82, 2.24) is 9.97 Å². The predicted molar refractivity (Wildman–Crippen MR) is 77.0 cm³/mol. The smallest absolute Gasteiger partial charge is 0.307 e. The maximum Gasteiger partial charge on any atom is 0.307 e. The summed E-state index contributed by atoms with van der Waals surface area (Å²) in [6.45, 7) is 0. The first-order valence-corrected chi connectivity index (χ1v) is 6.88. The molecular formula is C14H14N2O4S. The third kappa shape index (κ3) is 4.35. The van der Waals surface area contributed by atoms with Crippen LogP contribution in [0.4, 0.5) is 0 Å². The molecule has 0 aliphatic carbocycles. The van der Waals surface area contributed by atoms with Gasteiger partial charge in [-0.25, -0.2) is 0 Å². The summed E-state index contributed by atoms with van der Waals surface area (Å²) in [7, 11) is 3.05. The van der Waals surface area contributed by atoms with E-state index in [1.54, 1.807) is 18.2 Å². The van der Waals surface area contributed by atoms with Gasteiger partial charge in [-0.1, -0.05) is 12.1 Å². The molecule has 1 N–H and O–H groups in total. The van der Waals surface area contributed by atoms with Crippen molar-refractivity contribution < 1.29 is 19.4 Å². The highest BCUT2D eigenvalue weighted by molar-refractivity contribution is 7.99. The van der Waals surface area contributed by atoms with Crippen LogP contribution in [0.3, 0.4) is 0 Å². The Bertz CT molecular complexity index is 609. The number of hydrogen-bond acceptors (Lipinski definition) is 6. The van der Waals surface area contributed by atoms with Gasteiger partial charge in [-0.2, -0.15) is 9.97 Å². The lowest BCUT2D eigenvalue weighted by Crippen LogP contribution is -1.99. The average Bonchev–Trinajstić information content (AvgIpc) is 2.48. The van der Waals surface area contributed by atoms with Gasteiger partial charge < -0.3 is 14.6 Å². The first kappa shape index (κ1) is 15.1. The maximum atomic E-state index is 10.6. The lowest BCUT2D eigenvalue weighted by atomic mass is 10.2. The SMILES string of the molecule is COc1cc(OC)nc(Sc2ccc(CC(=O)O)cc2)n1. The Kier molecular flexibility index (Phi) is 4.99. The normalized spacial score (nSPS) is 10.2. The molecule has 2 aromatic rings. The molecule has 0 radical (unpaired) electrons. The summed E-state index contributed by atoms with van der Waals surface area (Å²) in [6, 6.07) is 8.80. The molecule has 7 heteroatoms. The van der Waals surface area contributed by atoms with Crippen molar-refractivity contribution in [3.63, 3.8) is 0 Å². The fourth-order valence-corrected chi connectivity index (χ4v) is 2.35. The van der Waals surface area contributed by atoms with E-state index in [0.29, 0.717) is 16.9 Å². The zero-order chi connectivity index (χ0) is 15.2. The van der Waals surface area contributed by atoms with E-state index < -0.39 is 5.97 Å². The number of carboxylic acids is 1. The lowest BCUT2D eigenvalue weighted by molar-refractivity contribution is -0.136. The van der Waals surface area contributed by atoms with Gasteiger partial charge in [0.05, 0.1) is 26.7 Å². The van der Waals surface area contributed by atoms with Crippen molar-refractivity contribution in [2.24, 2.45) is 0 Å². The topological polar surface area (TPSA) is 81.5 Å². The van der Waals surface area contributed by atoms with E-state index in [1.165, 1.54) is 26.0 Å². The highest BCUT2D eigenvalue weighted by atomic mass is 32.2. The zero-order valence-corrected chi connectivity index (χ0v) is 12.4. The Balaban J connectivity index is 2.15. The highest BCUT2D eigenvalue weighted by Crippen LogP contribution is 2.28. The van der Waals surface area contributed by atoms with Gasteiger partial charge in [0.1, 0.15) is 0 Å². The van der Waals surface area contributed by atoms with Gasteiger partial charge in [0.15, 0.2) is 5.16 Å². The van der Waals surface area contributed by atoms with Gasteiger partial charge in [0.2, 0.25) is 11.8 Å². The fourth-order valence-electron chi connectivity index (χ4n) is 1.59. The zero-order valence-electron chi connectivity index (χ0n) is 11.6. The Labute approximate surface area is 126 Å². The number of hydrogen-bond donors (Lipinski definition) is 1. The van der Waals surface area contributed by atoms with Crippen LogP contribution in [0, 0.1) is 0 Å². The van der Waals surface area contributed by atoms with E-state index in [4.69, 9.17) is 14.6 Å². The molecule has 110 valence electrons. The largest absolute Gasteiger partial charge is 0.481 e. The van der Waals surface area contributed by atoms with Crippen LogP contribution in [0.25, 0.3) is 0 Å². The summed E-state index contributed by atoms with van der Waals surface area (Å²) in [6.07, 6.45) is 0.00836. The van der Waals surface area contributed by atoms with Crippen molar-refractivity contribution in [2.45, 2.75) is 16.5 Å².